The first-order valence-corrected chi connectivity index (χ1v) is 7.05. The van der Waals surface area contributed by atoms with E-state index in [-0.39, 0.29) is 6.67 Å². The zero-order chi connectivity index (χ0) is 12.8. The Bertz CT molecular complexity index is 172. The lowest BCUT2D eigenvalue weighted by atomic mass is 10.1. The van der Waals surface area contributed by atoms with Crippen LogP contribution in [-0.4, -0.2) is 17.8 Å². The molecule has 2 nitrogen and oxygen atoms in total. The molecule has 102 valence electrons. The monoisotopic (exact) mass is 246 g/mol. The molecule has 0 amide bonds. The quantitative estimate of drug-likeness (QED) is 0.477. The summed E-state index contributed by atoms with van der Waals surface area (Å²) in [6.07, 6.45) is 12.5. The van der Waals surface area contributed by atoms with Gasteiger partial charge in [-0.05, 0) is 12.8 Å². The van der Waals surface area contributed by atoms with Gasteiger partial charge in [0.1, 0.15) is 0 Å². The van der Waals surface area contributed by atoms with Crippen LogP contribution in [-0.2, 0) is 4.79 Å². The van der Waals surface area contributed by atoms with E-state index in [0.717, 1.165) is 32.1 Å². The van der Waals surface area contributed by atoms with E-state index >= 15 is 0 Å². The van der Waals surface area contributed by atoms with Crippen molar-refractivity contribution < 1.29 is 14.3 Å². The first kappa shape index (κ1) is 16.4. The molecule has 0 bridgehead atoms. The molecule has 0 heterocycles. The summed E-state index contributed by atoms with van der Waals surface area (Å²) in [4.78, 5) is 10.3. The Morgan fingerprint density at radius 2 is 1.06 bits per heavy atom. The first-order valence-electron chi connectivity index (χ1n) is 7.05. The predicted molar refractivity (Wildman–Crippen MR) is 69.0 cm³/mol. The number of hydrogen-bond acceptors (Lipinski definition) is 1. The van der Waals surface area contributed by atoms with E-state index in [9.17, 15) is 9.18 Å². The second kappa shape index (κ2) is 13.5. The fourth-order valence-electron chi connectivity index (χ4n) is 1.96. The summed E-state index contributed by atoms with van der Waals surface area (Å²) in [5.41, 5.74) is 0. The molecule has 0 unspecified atom stereocenters. The van der Waals surface area contributed by atoms with Crippen LogP contribution in [0.25, 0.3) is 0 Å². The molecular formula is C14H27FO2. The molecule has 1 N–H and O–H groups in total. The van der Waals surface area contributed by atoms with E-state index in [2.05, 4.69) is 0 Å². The fourth-order valence-corrected chi connectivity index (χ4v) is 1.96. The van der Waals surface area contributed by atoms with Crippen LogP contribution in [0.2, 0.25) is 0 Å². The summed E-state index contributed by atoms with van der Waals surface area (Å²) in [7, 11) is 0. The highest BCUT2D eigenvalue weighted by Gasteiger charge is 1.96. The summed E-state index contributed by atoms with van der Waals surface area (Å²) in [5.74, 6) is -0.682. The molecule has 0 radical (unpaired) electrons. The zero-order valence-corrected chi connectivity index (χ0v) is 10.9. The molecule has 0 aromatic carbocycles. The van der Waals surface area contributed by atoms with Crippen molar-refractivity contribution in [1.82, 2.24) is 0 Å². The molecule has 0 atom stereocenters. The molecule has 0 aromatic heterocycles. The second-order valence-electron chi connectivity index (χ2n) is 4.72. The maximum atomic E-state index is 11.8. The van der Waals surface area contributed by atoms with Crippen molar-refractivity contribution in [2.24, 2.45) is 0 Å². The van der Waals surface area contributed by atoms with Crippen LogP contribution in [0.1, 0.15) is 77.0 Å². The number of hydrogen-bond donors (Lipinski definition) is 1. The van der Waals surface area contributed by atoms with Gasteiger partial charge in [0, 0.05) is 6.42 Å². The maximum Gasteiger partial charge on any atom is 0.303 e. The smallest absolute Gasteiger partial charge is 0.303 e. The minimum Gasteiger partial charge on any atom is -0.481 e. The van der Waals surface area contributed by atoms with Crippen molar-refractivity contribution >= 4 is 5.97 Å². The van der Waals surface area contributed by atoms with Crippen LogP contribution in [0.4, 0.5) is 4.39 Å². The summed E-state index contributed by atoms with van der Waals surface area (Å²) >= 11 is 0. The number of halogens is 1. The highest BCUT2D eigenvalue weighted by molar-refractivity contribution is 5.66. The summed E-state index contributed by atoms with van der Waals surface area (Å²) in [6.45, 7) is -0.170. The Morgan fingerprint density at radius 3 is 1.41 bits per heavy atom. The molecular weight excluding hydrogens is 219 g/mol. The van der Waals surface area contributed by atoms with Gasteiger partial charge in [-0.25, -0.2) is 0 Å². The Labute approximate surface area is 105 Å². The van der Waals surface area contributed by atoms with Gasteiger partial charge in [0.2, 0.25) is 0 Å². The lowest BCUT2D eigenvalue weighted by molar-refractivity contribution is -0.137. The third-order valence-electron chi connectivity index (χ3n) is 3.02. The molecule has 0 spiro atoms. The topological polar surface area (TPSA) is 37.3 Å². The lowest BCUT2D eigenvalue weighted by Crippen LogP contribution is -1.93. The van der Waals surface area contributed by atoms with Crippen molar-refractivity contribution in [3.05, 3.63) is 0 Å². The van der Waals surface area contributed by atoms with E-state index in [1.807, 2.05) is 0 Å². The average Bonchev–Trinajstić information content (AvgIpc) is 2.30. The van der Waals surface area contributed by atoms with Crippen LogP contribution in [0.3, 0.4) is 0 Å². The average molecular weight is 246 g/mol. The summed E-state index contributed by atoms with van der Waals surface area (Å²) in [6, 6.07) is 0. The van der Waals surface area contributed by atoms with Gasteiger partial charge < -0.3 is 5.11 Å². The van der Waals surface area contributed by atoms with E-state index in [0.29, 0.717) is 6.42 Å². The number of carboxylic acid groups (broad SMARTS) is 1. The van der Waals surface area contributed by atoms with Gasteiger partial charge in [-0.3, -0.25) is 9.18 Å². The molecule has 0 saturated heterocycles. The van der Waals surface area contributed by atoms with Crippen LogP contribution in [0.15, 0.2) is 0 Å². The van der Waals surface area contributed by atoms with Crippen molar-refractivity contribution in [3.8, 4) is 0 Å². The minimum absolute atomic E-state index is 0.170. The van der Waals surface area contributed by atoms with Gasteiger partial charge >= 0.3 is 5.97 Å². The van der Waals surface area contributed by atoms with Crippen molar-refractivity contribution in [1.29, 1.82) is 0 Å². The molecule has 0 aliphatic heterocycles. The summed E-state index contributed by atoms with van der Waals surface area (Å²) in [5, 5.41) is 8.45. The number of alkyl halides is 1. The van der Waals surface area contributed by atoms with Crippen LogP contribution >= 0.6 is 0 Å². The van der Waals surface area contributed by atoms with Crippen LogP contribution < -0.4 is 0 Å². The Hall–Kier alpha value is -0.600. The largest absolute Gasteiger partial charge is 0.481 e. The van der Waals surface area contributed by atoms with Crippen molar-refractivity contribution in [2.75, 3.05) is 6.67 Å². The zero-order valence-electron chi connectivity index (χ0n) is 10.9. The second-order valence-corrected chi connectivity index (χ2v) is 4.72. The van der Waals surface area contributed by atoms with Gasteiger partial charge in [0.15, 0.2) is 0 Å². The van der Waals surface area contributed by atoms with Gasteiger partial charge in [-0.15, -0.1) is 0 Å². The highest BCUT2D eigenvalue weighted by Crippen LogP contribution is 2.11. The number of rotatable bonds is 13. The van der Waals surface area contributed by atoms with E-state index < -0.39 is 5.97 Å². The van der Waals surface area contributed by atoms with Gasteiger partial charge in [-0.1, -0.05) is 57.8 Å². The van der Waals surface area contributed by atoms with Gasteiger partial charge in [-0.2, -0.15) is 0 Å². The molecule has 17 heavy (non-hydrogen) atoms. The Kier molecular flexibility index (Phi) is 13.0. The summed E-state index contributed by atoms with van der Waals surface area (Å²) < 4.78 is 11.8. The Morgan fingerprint density at radius 1 is 0.706 bits per heavy atom. The minimum atomic E-state index is -0.682. The number of carboxylic acids is 1. The highest BCUT2D eigenvalue weighted by atomic mass is 19.1. The van der Waals surface area contributed by atoms with E-state index in [1.54, 1.807) is 0 Å². The normalized spacial score (nSPS) is 10.6. The van der Waals surface area contributed by atoms with Crippen molar-refractivity contribution in [3.63, 3.8) is 0 Å². The lowest BCUT2D eigenvalue weighted by Gasteiger charge is -2.01. The maximum absolute atomic E-state index is 11.8. The van der Waals surface area contributed by atoms with Crippen molar-refractivity contribution in [2.45, 2.75) is 77.0 Å². The third-order valence-corrected chi connectivity index (χ3v) is 3.02. The third kappa shape index (κ3) is 15.4. The molecule has 0 aliphatic carbocycles. The van der Waals surface area contributed by atoms with E-state index in [4.69, 9.17) is 5.11 Å². The Balaban J connectivity index is 2.91. The molecule has 0 fully saturated rings. The molecule has 0 aromatic rings. The fraction of sp³-hybridized carbons (Fsp3) is 0.929. The van der Waals surface area contributed by atoms with Gasteiger partial charge in [0.25, 0.3) is 0 Å². The molecule has 0 aliphatic rings. The standard InChI is InChI=1S/C14H27FO2/c15-13-11-9-7-5-3-1-2-4-6-8-10-12-14(16)17/h1-13H2,(H,16,17). The van der Waals surface area contributed by atoms with Gasteiger partial charge in [0.05, 0.1) is 6.67 Å². The van der Waals surface area contributed by atoms with Crippen LogP contribution in [0.5, 0.6) is 0 Å². The number of carbonyl (C=O) groups is 1. The van der Waals surface area contributed by atoms with Crippen LogP contribution in [0, 0.1) is 0 Å². The molecule has 3 heteroatoms. The number of aliphatic carboxylic acids is 1. The SMILES string of the molecule is O=C(O)CCCCCCCCCCCCCF. The van der Waals surface area contributed by atoms with E-state index in [1.165, 1.54) is 38.5 Å². The number of unbranched alkanes of at least 4 members (excludes halogenated alkanes) is 10. The first-order chi connectivity index (χ1) is 8.27. The molecule has 0 rings (SSSR count). The molecule has 0 saturated carbocycles. The predicted octanol–water partition coefficient (Wildman–Crippen LogP) is 4.72.